The third-order valence-corrected chi connectivity index (χ3v) is 3.37. The Hall–Kier alpha value is -2.70. The van der Waals surface area contributed by atoms with E-state index in [0.717, 1.165) is 12.2 Å². The molecule has 1 aromatic rings. The van der Waals surface area contributed by atoms with Crippen molar-refractivity contribution in [1.29, 1.82) is 0 Å². The Morgan fingerprint density at radius 2 is 1.92 bits per heavy atom. The van der Waals surface area contributed by atoms with Gasteiger partial charge in [0.05, 0.1) is 5.92 Å². The molecule has 0 bridgehead atoms. The summed E-state index contributed by atoms with van der Waals surface area (Å²) < 4.78 is 10.0. The van der Waals surface area contributed by atoms with Crippen molar-refractivity contribution < 1.29 is 29.3 Å². The minimum absolute atomic E-state index is 0.00767. The van der Waals surface area contributed by atoms with Gasteiger partial charge >= 0.3 is 5.97 Å². The Kier molecular flexibility index (Phi) is 5.68. The third-order valence-electron chi connectivity index (χ3n) is 3.37. The molecule has 0 spiro atoms. The maximum absolute atomic E-state index is 12.4. The second-order valence-corrected chi connectivity index (χ2v) is 5.12. The number of allylic oxidation sites excluding steroid dienone is 1. The van der Waals surface area contributed by atoms with E-state index in [1.807, 2.05) is 0 Å². The van der Waals surface area contributed by atoms with Crippen molar-refractivity contribution in [3.05, 3.63) is 72.5 Å². The van der Waals surface area contributed by atoms with Gasteiger partial charge in [0, 0.05) is 17.7 Å². The maximum Gasteiger partial charge on any atom is 0.330 e. The molecule has 0 fully saturated rings. The fourth-order valence-corrected chi connectivity index (χ4v) is 2.19. The molecule has 6 nitrogen and oxygen atoms in total. The Bertz CT molecular complexity index is 672. The SMILES string of the molecule is C=CC(=O)OCCOC1=CC(O)(O)C(C(=O)c2ccccc2)C=C1. The number of esters is 1. The predicted molar refractivity (Wildman–Crippen MR) is 85.8 cm³/mol. The van der Waals surface area contributed by atoms with Crippen LogP contribution < -0.4 is 0 Å². The summed E-state index contributed by atoms with van der Waals surface area (Å²) in [4.78, 5) is 23.3. The number of benzene rings is 1. The largest absolute Gasteiger partial charge is 0.490 e. The van der Waals surface area contributed by atoms with Crippen LogP contribution in [0.4, 0.5) is 0 Å². The molecule has 0 radical (unpaired) electrons. The third kappa shape index (κ3) is 4.41. The van der Waals surface area contributed by atoms with Gasteiger partial charge in [-0.05, 0) is 6.08 Å². The maximum atomic E-state index is 12.4. The first-order valence-corrected chi connectivity index (χ1v) is 7.31. The summed E-state index contributed by atoms with van der Waals surface area (Å²) in [5, 5.41) is 20.3. The molecule has 1 unspecified atom stereocenters. The van der Waals surface area contributed by atoms with Crippen LogP contribution in [0, 0.1) is 5.92 Å². The van der Waals surface area contributed by atoms with Crippen LogP contribution in [0.15, 0.2) is 67.0 Å². The average Bonchev–Trinajstić information content (AvgIpc) is 2.58. The average molecular weight is 330 g/mol. The molecule has 0 aromatic heterocycles. The van der Waals surface area contributed by atoms with Gasteiger partial charge in [0.25, 0.3) is 0 Å². The van der Waals surface area contributed by atoms with Gasteiger partial charge in [0.1, 0.15) is 19.0 Å². The highest BCUT2D eigenvalue weighted by atomic mass is 16.6. The van der Waals surface area contributed by atoms with Crippen molar-refractivity contribution >= 4 is 11.8 Å². The topological polar surface area (TPSA) is 93.1 Å². The number of hydrogen-bond donors (Lipinski definition) is 2. The number of ether oxygens (including phenoxy) is 2. The summed E-state index contributed by atoms with van der Waals surface area (Å²) in [6, 6.07) is 8.38. The standard InChI is InChI=1S/C18H18O6/c1-2-16(19)24-11-10-23-14-8-9-15(18(21,22)12-14)17(20)13-6-4-3-5-7-13/h2-9,12,15,21-22H,1,10-11H2. The number of carbonyl (C=O) groups excluding carboxylic acids is 2. The minimum atomic E-state index is -2.37. The molecule has 6 heteroatoms. The van der Waals surface area contributed by atoms with E-state index < -0.39 is 23.5 Å². The first-order chi connectivity index (χ1) is 11.4. The lowest BCUT2D eigenvalue weighted by atomic mass is 9.86. The van der Waals surface area contributed by atoms with Gasteiger partial charge in [-0.1, -0.05) is 43.0 Å². The van der Waals surface area contributed by atoms with Crippen molar-refractivity contribution in [3.8, 4) is 0 Å². The van der Waals surface area contributed by atoms with Crippen LogP contribution in [0.25, 0.3) is 0 Å². The van der Waals surface area contributed by atoms with E-state index in [9.17, 15) is 19.8 Å². The first-order valence-electron chi connectivity index (χ1n) is 7.31. The van der Waals surface area contributed by atoms with Crippen LogP contribution >= 0.6 is 0 Å². The highest BCUT2D eigenvalue weighted by molar-refractivity contribution is 5.99. The normalized spacial score (nSPS) is 18.4. The Balaban J connectivity index is 1.97. The molecule has 0 saturated heterocycles. The van der Waals surface area contributed by atoms with Crippen molar-refractivity contribution in [3.63, 3.8) is 0 Å². The number of aliphatic hydroxyl groups is 2. The van der Waals surface area contributed by atoms with Gasteiger partial charge in [0.2, 0.25) is 5.79 Å². The fourth-order valence-electron chi connectivity index (χ4n) is 2.19. The van der Waals surface area contributed by atoms with Gasteiger partial charge < -0.3 is 19.7 Å². The van der Waals surface area contributed by atoms with E-state index in [2.05, 4.69) is 6.58 Å². The molecular formula is C18H18O6. The molecule has 1 aliphatic carbocycles. The number of rotatable bonds is 7. The van der Waals surface area contributed by atoms with Crippen LogP contribution in [0.3, 0.4) is 0 Å². The Labute approximate surface area is 139 Å². The molecular weight excluding hydrogens is 312 g/mol. The van der Waals surface area contributed by atoms with E-state index in [0.29, 0.717) is 5.56 Å². The quantitative estimate of drug-likeness (QED) is 0.258. The molecule has 2 N–H and O–H groups in total. The zero-order chi connectivity index (χ0) is 17.6. The number of carbonyl (C=O) groups is 2. The molecule has 24 heavy (non-hydrogen) atoms. The van der Waals surface area contributed by atoms with Crippen LogP contribution in [-0.4, -0.2) is 41.0 Å². The lowest BCUT2D eigenvalue weighted by molar-refractivity contribution is -0.142. The van der Waals surface area contributed by atoms with Crippen molar-refractivity contribution in [1.82, 2.24) is 0 Å². The fraction of sp³-hybridized carbons (Fsp3) is 0.222. The second kappa shape index (κ2) is 7.72. The van der Waals surface area contributed by atoms with E-state index >= 15 is 0 Å². The van der Waals surface area contributed by atoms with Gasteiger partial charge in [-0.2, -0.15) is 0 Å². The highest BCUT2D eigenvalue weighted by Gasteiger charge is 2.39. The monoisotopic (exact) mass is 330 g/mol. The Morgan fingerprint density at radius 1 is 1.21 bits per heavy atom. The highest BCUT2D eigenvalue weighted by Crippen LogP contribution is 2.28. The molecule has 0 saturated carbocycles. The molecule has 0 heterocycles. The van der Waals surface area contributed by atoms with E-state index in [1.54, 1.807) is 30.3 Å². The van der Waals surface area contributed by atoms with Gasteiger partial charge in [-0.25, -0.2) is 4.79 Å². The predicted octanol–water partition coefficient (Wildman–Crippen LogP) is 1.37. The smallest absolute Gasteiger partial charge is 0.330 e. The van der Waals surface area contributed by atoms with E-state index in [4.69, 9.17) is 9.47 Å². The van der Waals surface area contributed by atoms with Crippen LogP contribution in [0.5, 0.6) is 0 Å². The molecule has 1 atom stereocenters. The van der Waals surface area contributed by atoms with Gasteiger partial charge in [-0.15, -0.1) is 0 Å². The molecule has 1 aromatic carbocycles. The first kappa shape index (κ1) is 17.7. The second-order valence-electron chi connectivity index (χ2n) is 5.12. The summed E-state index contributed by atoms with van der Waals surface area (Å²) >= 11 is 0. The number of ketones is 1. The molecule has 126 valence electrons. The molecule has 2 rings (SSSR count). The molecule has 0 aliphatic heterocycles. The summed E-state index contributed by atoms with van der Waals surface area (Å²) in [6.45, 7) is 3.29. The van der Waals surface area contributed by atoms with Crippen molar-refractivity contribution in [2.75, 3.05) is 13.2 Å². The van der Waals surface area contributed by atoms with Gasteiger partial charge in [-0.3, -0.25) is 4.79 Å². The summed E-state index contributed by atoms with van der Waals surface area (Å²) in [6.07, 6.45) is 4.94. The molecule has 0 amide bonds. The van der Waals surface area contributed by atoms with E-state index in [1.165, 1.54) is 12.2 Å². The van der Waals surface area contributed by atoms with Crippen LogP contribution in [0.1, 0.15) is 10.4 Å². The molecule has 1 aliphatic rings. The van der Waals surface area contributed by atoms with Crippen LogP contribution in [0.2, 0.25) is 0 Å². The minimum Gasteiger partial charge on any atom is -0.490 e. The lowest BCUT2D eigenvalue weighted by Crippen LogP contribution is -2.41. The summed E-state index contributed by atoms with van der Waals surface area (Å²) in [7, 11) is 0. The zero-order valence-corrected chi connectivity index (χ0v) is 12.9. The van der Waals surface area contributed by atoms with Crippen molar-refractivity contribution in [2.45, 2.75) is 5.79 Å². The number of Topliss-reactive ketones (excluding diaryl/α,β-unsaturated/α-hetero) is 1. The zero-order valence-electron chi connectivity index (χ0n) is 12.9. The van der Waals surface area contributed by atoms with Gasteiger partial charge in [0.15, 0.2) is 5.78 Å². The lowest BCUT2D eigenvalue weighted by Gasteiger charge is -2.28. The van der Waals surface area contributed by atoms with Crippen molar-refractivity contribution in [2.24, 2.45) is 5.92 Å². The van der Waals surface area contributed by atoms with Crippen LogP contribution in [-0.2, 0) is 14.3 Å². The summed E-state index contributed by atoms with van der Waals surface area (Å²) in [5.41, 5.74) is 0.383. The summed E-state index contributed by atoms with van der Waals surface area (Å²) in [5.74, 6) is -4.31. The number of hydrogen-bond acceptors (Lipinski definition) is 6. The van der Waals surface area contributed by atoms with E-state index in [-0.39, 0.29) is 19.0 Å². The Morgan fingerprint density at radius 3 is 2.54 bits per heavy atom.